The number of nitrogens with one attached hydrogen (secondary N) is 1. The summed E-state index contributed by atoms with van der Waals surface area (Å²) in [6.07, 6.45) is 0. The Kier molecular flexibility index (Phi) is 4.47. The van der Waals surface area contributed by atoms with Crippen molar-refractivity contribution in [3.05, 3.63) is 38.3 Å². The summed E-state index contributed by atoms with van der Waals surface area (Å²) < 4.78 is 12.6. The van der Waals surface area contributed by atoms with Gasteiger partial charge in [-0.05, 0) is 11.5 Å². The highest BCUT2D eigenvalue weighted by Crippen LogP contribution is 2.24. The quantitative estimate of drug-likeness (QED) is 0.659. The summed E-state index contributed by atoms with van der Waals surface area (Å²) >= 11 is 3.29. The molecular weight excluding hydrogens is 320 g/mol. The van der Waals surface area contributed by atoms with Gasteiger partial charge in [-0.15, -0.1) is 0 Å². The van der Waals surface area contributed by atoms with E-state index in [2.05, 4.69) is 21.2 Å². The molecule has 1 aliphatic heterocycles. The van der Waals surface area contributed by atoms with Crippen molar-refractivity contribution in [2.24, 2.45) is 5.92 Å². The molecule has 1 unspecified atom stereocenters. The Morgan fingerprint density at radius 2 is 2.22 bits per heavy atom. The lowest BCUT2D eigenvalue weighted by Gasteiger charge is -2.26. The molecule has 1 aromatic rings. The van der Waals surface area contributed by atoms with Crippen molar-refractivity contribution in [2.75, 3.05) is 18.8 Å². The van der Waals surface area contributed by atoms with Crippen molar-refractivity contribution in [3.8, 4) is 0 Å². The lowest BCUT2D eigenvalue weighted by atomic mass is 10.1. The number of nitrogens with zero attached hydrogens (tertiary/aromatic N) is 1. The number of hydrogen-bond acceptors (Lipinski definition) is 4. The van der Waals surface area contributed by atoms with Crippen LogP contribution < -0.4 is 5.32 Å². The van der Waals surface area contributed by atoms with Crippen molar-refractivity contribution < 1.29 is 9.13 Å². The van der Waals surface area contributed by atoms with Crippen molar-refractivity contribution in [2.45, 2.75) is 5.75 Å². The van der Waals surface area contributed by atoms with Gasteiger partial charge in [0.25, 0.3) is 5.69 Å². The predicted molar refractivity (Wildman–Crippen MR) is 73.9 cm³/mol. The first-order valence-corrected chi connectivity index (χ1v) is 7.83. The molecule has 1 fully saturated rings. The van der Waals surface area contributed by atoms with Crippen LogP contribution in [-0.2, 0) is 16.6 Å². The van der Waals surface area contributed by atoms with Crippen LogP contribution in [0.3, 0.4) is 0 Å². The van der Waals surface area contributed by atoms with Crippen LogP contribution in [0, 0.1) is 16.0 Å². The van der Waals surface area contributed by atoms with Crippen molar-refractivity contribution in [1.82, 2.24) is 5.32 Å². The first kappa shape index (κ1) is 13.6. The van der Waals surface area contributed by atoms with Gasteiger partial charge in [0, 0.05) is 52.0 Å². The van der Waals surface area contributed by atoms with E-state index in [1.165, 1.54) is 12.1 Å². The third kappa shape index (κ3) is 3.37. The van der Waals surface area contributed by atoms with E-state index in [0.717, 1.165) is 18.7 Å². The highest BCUT2D eigenvalue weighted by atomic mass is 79.9. The predicted octanol–water partition coefficient (Wildman–Crippen LogP) is 1.83. The van der Waals surface area contributed by atoms with Gasteiger partial charge >= 0.3 is 0 Å². The van der Waals surface area contributed by atoms with Crippen LogP contribution in [0.2, 0.25) is 0 Å². The summed E-state index contributed by atoms with van der Waals surface area (Å²) in [4.78, 5) is 10.2. The van der Waals surface area contributed by atoms with Gasteiger partial charge in [-0.1, -0.05) is 22.0 Å². The molecular formula is C11H13BrN2O3S. The average Bonchev–Trinajstić information content (AvgIpc) is 2.26. The van der Waals surface area contributed by atoms with Gasteiger partial charge < -0.3 is 5.32 Å². The molecule has 0 spiro atoms. The highest BCUT2D eigenvalue weighted by molar-refractivity contribution is 9.10. The molecule has 2 rings (SSSR count). The topological polar surface area (TPSA) is 72.2 Å². The van der Waals surface area contributed by atoms with Gasteiger partial charge in [-0.25, -0.2) is 0 Å². The Morgan fingerprint density at radius 1 is 1.50 bits per heavy atom. The summed E-state index contributed by atoms with van der Waals surface area (Å²) in [6.45, 7) is 1.88. The Hall–Kier alpha value is -0.790. The second-order valence-corrected chi connectivity index (χ2v) is 6.66. The molecule has 0 radical (unpaired) electrons. The molecule has 1 N–H and O–H groups in total. The minimum atomic E-state index is -0.917. The van der Waals surface area contributed by atoms with Crippen LogP contribution in [0.25, 0.3) is 0 Å². The van der Waals surface area contributed by atoms with Crippen LogP contribution in [0.5, 0.6) is 0 Å². The zero-order valence-corrected chi connectivity index (χ0v) is 12.0. The fraction of sp³-hybridized carbons (Fsp3) is 0.455. The largest absolute Gasteiger partial charge is 0.316 e. The van der Waals surface area contributed by atoms with E-state index in [1.54, 1.807) is 6.07 Å². The molecule has 7 heteroatoms. The monoisotopic (exact) mass is 332 g/mol. The number of nitro benzene ring substituents is 1. The number of hydrogen-bond donors (Lipinski definition) is 1. The maximum Gasteiger partial charge on any atom is 0.270 e. The third-order valence-electron chi connectivity index (χ3n) is 2.85. The van der Waals surface area contributed by atoms with Crippen LogP contribution >= 0.6 is 15.9 Å². The molecule has 0 bridgehead atoms. The molecule has 1 saturated heterocycles. The van der Waals surface area contributed by atoms with E-state index in [1.807, 2.05) is 0 Å². The maximum absolute atomic E-state index is 11.9. The normalized spacial score (nSPS) is 17.2. The Labute approximate surface area is 116 Å². The van der Waals surface area contributed by atoms with Gasteiger partial charge in [0.1, 0.15) is 0 Å². The fourth-order valence-corrected chi connectivity index (χ4v) is 3.90. The Morgan fingerprint density at radius 3 is 2.72 bits per heavy atom. The highest BCUT2D eigenvalue weighted by Gasteiger charge is 2.20. The van der Waals surface area contributed by atoms with Gasteiger partial charge in [0.15, 0.2) is 0 Å². The minimum Gasteiger partial charge on any atom is -0.316 e. The summed E-state index contributed by atoms with van der Waals surface area (Å²) in [5.74, 6) is 1.63. The van der Waals surface area contributed by atoms with Crippen LogP contribution in [0.15, 0.2) is 22.7 Å². The zero-order chi connectivity index (χ0) is 13.1. The Bertz CT molecular complexity index is 491. The number of non-ortho nitro benzene ring substituents is 1. The van der Waals surface area contributed by atoms with E-state index < -0.39 is 15.7 Å². The lowest BCUT2D eigenvalue weighted by molar-refractivity contribution is -0.384. The summed E-state index contributed by atoms with van der Waals surface area (Å²) in [5, 5.41) is 13.7. The number of nitro groups is 1. The molecule has 0 aliphatic carbocycles. The molecule has 98 valence electrons. The Balaban J connectivity index is 2.00. The molecule has 0 amide bonds. The molecule has 1 atom stereocenters. The number of rotatable bonds is 5. The van der Waals surface area contributed by atoms with Crippen LogP contribution in [0.1, 0.15) is 5.56 Å². The van der Waals surface area contributed by atoms with E-state index >= 15 is 0 Å². The smallest absolute Gasteiger partial charge is 0.270 e. The third-order valence-corrected chi connectivity index (χ3v) is 5.07. The van der Waals surface area contributed by atoms with Crippen LogP contribution in [0.4, 0.5) is 5.69 Å². The molecule has 1 heterocycles. The van der Waals surface area contributed by atoms with E-state index in [0.29, 0.717) is 21.9 Å². The summed E-state index contributed by atoms with van der Waals surface area (Å²) in [6, 6.07) is 4.57. The van der Waals surface area contributed by atoms with Crippen molar-refractivity contribution in [3.63, 3.8) is 0 Å². The molecule has 5 nitrogen and oxygen atoms in total. The summed E-state index contributed by atoms with van der Waals surface area (Å²) in [7, 11) is -0.917. The molecule has 0 aromatic heterocycles. The standard InChI is InChI=1S/C11H13BrN2O3S/c12-11-3-10(14(15)16)2-1-9(11)7-18(17)6-8-4-13-5-8/h1-3,8,13H,4-7H2. The first-order valence-electron chi connectivity index (χ1n) is 5.55. The number of halogens is 1. The van der Waals surface area contributed by atoms with Crippen LogP contribution in [-0.4, -0.2) is 28.0 Å². The second kappa shape index (κ2) is 5.90. The molecule has 1 aromatic carbocycles. The van der Waals surface area contributed by atoms with E-state index in [9.17, 15) is 14.3 Å². The maximum atomic E-state index is 11.9. The van der Waals surface area contributed by atoms with Crippen molar-refractivity contribution in [1.29, 1.82) is 0 Å². The van der Waals surface area contributed by atoms with Gasteiger partial charge in [-0.3, -0.25) is 14.3 Å². The minimum absolute atomic E-state index is 0.0413. The van der Waals surface area contributed by atoms with Gasteiger partial charge in [0.2, 0.25) is 0 Å². The van der Waals surface area contributed by atoms with Gasteiger partial charge in [-0.2, -0.15) is 0 Å². The number of benzene rings is 1. The zero-order valence-electron chi connectivity index (χ0n) is 9.60. The second-order valence-electron chi connectivity index (χ2n) is 4.31. The molecule has 18 heavy (non-hydrogen) atoms. The van der Waals surface area contributed by atoms with Gasteiger partial charge in [0.05, 0.1) is 4.92 Å². The molecule has 0 saturated carbocycles. The first-order chi connectivity index (χ1) is 8.56. The summed E-state index contributed by atoms with van der Waals surface area (Å²) in [5.41, 5.74) is 0.894. The SMILES string of the molecule is O=[N+]([O-])c1ccc(CS(=O)CC2CNC2)c(Br)c1. The fourth-order valence-electron chi connectivity index (χ4n) is 1.73. The lowest BCUT2D eigenvalue weighted by Crippen LogP contribution is -2.44. The van der Waals surface area contributed by atoms with E-state index in [4.69, 9.17) is 0 Å². The van der Waals surface area contributed by atoms with E-state index in [-0.39, 0.29) is 5.69 Å². The average molecular weight is 333 g/mol. The van der Waals surface area contributed by atoms with Crippen molar-refractivity contribution >= 4 is 32.4 Å². The molecule has 1 aliphatic rings.